The molecule has 1 aromatic heterocycles. The molecule has 1 N–H and O–H groups in total. The van der Waals surface area contributed by atoms with Crippen molar-refractivity contribution in [2.24, 2.45) is 18.9 Å². The molecular formula is C18H26N4O2. The van der Waals surface area contributed by atoms with Gasteiger partial charge < -0.3 is 10.2 Å². The summed E-state index contributed by atoms with van der Waals surface area (Å²) in [5.41, 5.74) is 2.18. The van der Waals surface area contributed by atoms with Gasteiger partial charge in [-0.25, -0.2) is 0 Å². The highest BCUT2D eigenvalue weighted by Gasteiger charge is 2.34. The average Bonchev–Trinajstić information content (AvgIpc) is 3.41. The maximum atomic E-state index is 12.8. The van der Waals surface area contributed by atoms with Crippen molar-refractivity contribution in [2.75, 3.05) is 11.9 Å². The van der Waals surface area contributed by atoms with Crippen molar-refractivity contribution in [2.45, 2.75) is 57.9 Å². The van der Waals surface area contributed by atoms with Crippen LogP contribution in [-0.4, -0.2) is 33.0 Å². The number of hydrogen-bond acceptors (Lipinski definition) is 3. The minimum atomic E-state index is 0.0756. The third-order valence-electron chi connectivity index (χ3n) is 5.70. The molecule has 6 heteroatoms. The zero-order valence-corrected chi connectivity index (χ0v) is 14.4. The molecule has 6 nitrogen and oxygen atoms in total. The number of nitrogens with zero attached hydrogens (tertiary/aromatic N) is 3. The predicted molar refractivity (Wildman–Crippen MR) is 90.3 cm³/mol. The van der Waals surface area contributed by atoms with Crippen molar-refractivity contribution in [1.82, 2.24) is 14.7 Å². The molecule has 2 fully saturated rings. The molecule has 0 unspecified atom stereocenters. The number of aryl methyl sites for hydroxylation is 1. The average molecular weight is 330 g/mol. The van der Waals surface area contributed by atoms with Crippen molar-refractivity contribution in [3.8, 4) is 0 Å². The Morgan fingerprint density at radius 2 is 1.83 bits per heavy atom. The summed E-state index contributed by atoms with van der Waals surface area (Å²) in [4.78, 5) is 26.9. The van der Waals surface area contributed by atoms with E-state index in [0.717, 1.165) is 49.9 Å². The Bertz CT molecular complexity index is 656. The molecule has 4 rings (SSSR count). The van der Waals surface area contributed by atoms with Crippen molar-refractivity contribution >= 4 is 17.6 Å². The number of carbonyl (C=O) groups is 2. The van der Waals surface area contributed by atoms with Crippen LogP contribution in [0.3, 0.4) is 0 Å². The summed E-state index contributed by atoms with van der Waals surface area (Å²) in [5, 5.41) is 7.48. The molecule has 1 aliphatic heterocycles. The smallest absolute Gasteiger partial charge is 0.228 e. The molecule has 0 aromatic carbocycles. The Morgan fingerprint density at radius 3 is 2.54 bits per heavy atom. The third kappa shape index (κ3) is 2.94. The normalized spacial score (nSPS) is 21.5. The van der Waals surface area contributed by atoms with E-state index in [1.54, 1.807) is 0 Å². The van der Waals surface area contributed by atoms with E-state index >= 15 is 0 Å². The van der Waals surface area contributed by atoms with Crippen LogP contribution < -0.4 is 5.32 Å². The van der Waals surface area contributed by atoms with E-state index in [4.69, 9.17) is 0 Å². The summed E-state index contributed by atoms with van der Waals surface area (Å²) in [7, 11) is 1.92. The fourth-order valence-electron chi connectivity index (χ4n) is 4.05. The molecule has 0 atom stereocenters. The fourth-order valence-corrected chi connectivity index (χ4v) is 4.05. The standard InChI is InChI=1S/C18H26N4O2/c1-21-15-9-10-22(18(24)13-5-3-2-4-6-13)11-14(15)16(20-21)19-17(23)12-7-8-12/h12-13H,2-11H2,1H3,(H,19,20,23). The van der Waals surface area contributed by atoms with E-state index in [2.05, 4.69) is 10.4 Å². The number of nitrogens with one attached hydrogen (secondary N) is 1. The molecule has 2 amide bonds. The molecule has 0 spiro atoms. The maximum Gasteiger partial charge on any atom is 0.228 e. The second kappa shape index (κ2) is 6.22. The Kier molecular flexibility index (Phi) is 4.06. The SMILES string of the molecule is Cn1nc(NC(=O)C2CC2)c2c1CCN(C(=O)C1CCCCC1)C2. The molecule has 1 aromatic rings. The Hall–Kier alpha value is -1.85. The summed E-state index contributed by atoms with van der Waals surface area (Å²) in [6, 6.07) is 0. The van der Waals surface area contributed by atoms with Gasteiger partial charge in [-0.3, -0.25) is 14.3 Å². The van der Waals surface area contributed by atoms with Crippen LogP contribution in [0, 0.1) is 11.8 Å². The van der Waals surface area contributed by atoms with Crippen molar-refractivity contribution in [1.29, 1.82) is 0 Å². The van der Waals surface area contributed by atoms with Gasteiger partial charge in [0.1, 0.15) is 0 Å². The Morgan fingerprint density at radius 1 is 1.08 bits per heavy atom. The Labute approximate surface area is 142 Å². The monoisotopic (exact) mass is 330 g/mol. The van der Waals surface area contributed by atoms with Gasteiger partial charge in [-0.2, -0.15) is 5.10 Å². The number of hydrogen-bond donors (Lipinski definition) is 1. The minimum Gasteiger partial charge on any atom is -0.338 e. The first-order valence-electron chi connectivity index (χ1n) is 9.28. The van der Waals surface area contributed by atoms with E-state index in [9.17, 15) is 9.59 Å². The highest BCUT2D eigenvalue weighted by atomic mass is 16.2. The lowest BCUT2D eigenvalue weighted by molar-refractivity contribution is -0.137. The zero-order chi connectivity index (χ0) is 16.7. The lowest BCUT2D eigenvalue weighted by Crippen LogP contribution is -2.40. The van der Waals surface area contributed by atoms with Gasteiger partial charge in [-0.15, -0.1) is 0 Å². The van der Waals surface area contributed by atoms with Crippen LogP contribution in [0.5, 0.6) is 0 Å². The van der Waals surface area contributed by atoms with Gasteiger partial charge >= 0.3 is 0 Å². The van der Waals surface area contributed by atoms with E-state index in [-0.39, 0.29) is 17.7 Å². The van der Waals surface area contributed by atoms with Crippen LogP contribution in [0.25, 0.3) is 0 Å². The lowest BCUT2D eigenvalue weighted by atomic mass is 9.88. The highest BCUT2D eigenvalue weighted by molar-refractivity contribution is 5.94. The zero-order valence-electron chi connectivity index (χ0n) is 14.4. The summed E-state index contributed by atoms with van der Waals surface area (Å²) >= 11 is 0. The second-order valence-corrected chi connectivity index (χ2v) is 7.51. The molecule has 0 radical (unpaired) electrons. The molecule has 2 saturated carbocycles. The molecule has 3 aliphatic rings. The van der Waals surface area contributed by atoms with Gasteiger partial charge in [0.15, 0.2) is 5.82 Å². The van der Waals surface area contributed by atoms with Crippen LogP contribution in [0.2, 0.25) is 0 Å². The van der Waals surface area contributed by atoms with Gasteiger partial charge in [0.25, 0.3) is 0 Å². The quantitative estimate of drug-likeness (QED) is 0.924. The molecule has 0 saturated heterocycles. The van der Waals surface area contributed by atoms with Crippen molar-refractivity contribution < 1.29 is 9.59 Å². The molecule has 2 aliphatic carbocycles. The van der Waals surface area contributed by atoms with Crippen LogP contribution in [0.15, 0.2) is 0 Å². The van der Waals surface area contributed by atoms with Gasteiger partial charge in [0.2, 0.25) is 11.8 Å². The molecule has 2 heterocycles. The van der Waals surface area contributed by atoms with Crippen LogP contribution >= 0.6 is 0 Å². The topological polar surface area (TPSA) is 67.2 Å². The molecule has 130 valence electrons. The summed E-state index contributed by atoms with van der Waals surface area (Å²) < 4.78 is 1.86. The van der Waals surface area contributed by atoms with E-state index in [1.165, 1.54) is 19.3 Å². The van der Waals surface area contributed by atoms with Crippen LogP contribution in [0.4, 0.5) is 5.82 Å². The maximum absolute atomic E-state index is 12.8. The minimum absolute atomic E-state index is 0.0756. The van der Waals surface area contributed by atoms with Crippen LogP contribution in [-0.2, 0) is 29.6 Å². The summed E-state index contributed by atoms with van der Waals surface area (Å²) in [6.07, 6.45) is 8.43. The third-order valence-corrected chi connectivity index (χ3v) is 5.70. The molecule has 24 heavy (non-hydrogen) atoms. The second-order valence-electron chi connectivity index (χ2n) is 7.51. The number of rotatable bonds is 3. The number of amides is 2. The van der Waals surface area contributed by atoms with Crippen LogP contribution in [0.1, 0.15) is 56.2 Å². The van der Waals surface area contributed by atoms with E-state index in [0.29, 0.717) is 18.3 Å². The highest BCUT2D eigenvalue weighted by Crippen LogP contribution is 2.33. The molecule has 0 bridgehead atoms. The number of carbonyl (C=O) groups excluding carboxylic acids is 2. The van der Waals surface area contributed by atoms with Gasteiger partial charge in [0, 0.05) is 43.1 Å². The largest absolute Gasteiger partial charge is 0.338 e. The lowest BCUT2D eigenvalue weighted by Gasteiger charge is -2.32. The first kappa shape index (κ1) is 15.7. The van der Waals surface area contributed by atoms with Crippen molar-refractivity contribution in [3.63, 3.8) is 0 Å². The van der Waals surface area contributed by atoms with Crippen molar-refractivity contribution in [3.05, 3.63) is 11.3 Å². The van der Waals surface area contributed by atoms with Gasteiger partial charge in [-0.05, 0) is 25.7 Å². The number of aromatic nitrogens is 2. The predicted octanol–water partition coefficient (Wildman–Crippen LogP) is 2.23. The molecular weight excluding hydrogens is 304 g/mol. The number of anilines is 1. The fraction of sp³-hybridized carbons (Fsp3) is 0.722. The summed E-state index contributed by atoms with van der Waals surface area (Å²) in [6.45, 7) is 1.34. The van der Waals surface area contributed by atoms with Gasteiger partial charge in [-0.1, -0.05) is 19.3 Å². The first-order chi connectivity index (χ1) is 11.6. The number of fused-ring (bicyclic) bond motifs is 1. The van der Waals surface area contributed by atoms with E-state index in [1.807, 2.05) is 16.6 Å². The van der Waals surface area contributed by atoms with Gasteiger partial charge in [0.05, 0.1) is 6.54 Å². The summed E-state index contributed by atoms with van der Waals surface area (Å²) in [5.74, 6) is 1.38. The van der Waals surface area contributed by atoms with E-state index < -0.39 is 0 Å². The first-order valence-corrected chi connectivity index (χ1v) is 9.28. The Balaban J connectivity index is 1.50.